The van der Waals surface area contributed by atoms with Gasteiger partial charge < -0.3 is 10.1 Å². The van der Waals surface area contributed by atoms with Gasteiger partial charge in [-0.15, -0.1) is 13.2 Å². The summed E-state index contributed by atoms with van der Waals surface area (Å²) in [5.41, 5.74) is 1.80. The maximum Gasteiger partial charge on any atom is 0.573 e. The molecular weight excluding hydrogens is 388 g/mol. The van der Waals surface area contributed by atoms with Gasteiger partial charge in [-0.3, -0.25) is 4.90 Å². The molecule has 0 radical (unpaired) electrons. The Labute approximate surface area is 159 Å². The molecule has 1 N–H and O–H groups in total. The van der Waals surface area contributed by atoms with Crippen LogP contribution in [-0.4, -0.2) is 37.4 Å². The van der Waals surface area contributed by atoms with E-state index in [1.807, 2.05) is 6.07 Å². The molecule has 1 fully saturated rings. The number of benzene rings is 2. The first-order valence-corrected chi connectivity index (χ1v) is 8.84. The third-order valence-corrected chi connectivity index (χ3v) is 4.94. The summed E-state index contributed by atoms with van der Waals surface area (Å²) in [6.45, 7) is 3.30. The monoisotopic (exact) mass is 404 g/mol. The number of ether oxygens (including phenoxy) is 1. The van der Waals surface area contributed by atoms with Gasteiger partial charge in [-0.2, -0.15) is 0 Å². The molecule has 1 atom stereocenters. The first-order chi connectivity index (χ1) is 12.3. The lowest BCUT2D eigenvalue weighted by atomic mass is 9.96. The Morgan fingerprint density at radius 3 is 2.12 bits per heavy atom. The van der Waals surface area contributed by atoms with Crippen molar-refractivity contribution in [3.05, 3.63) is 63.6 Å². The van der Waals surface area contributed by atoms with Crippen molar-refractivity contribution in [2.75, 3.05) is 26.2 Å². The fraction of sp³-hybridized carbons (Fsp3) is 0.333. The van der Waals surface area contributed by atoms with Gasteiger partial charge in [0, 0.05) is 26.2 Å². The van der Waals surface area contributed by atoms with Crippen molar-refractivity contribution in [1.29, 1.82) is 0 Å². The fourth-order valence-corrected chi connectivity index (χ4v) is 3.40. The predicted molar refractivity (Wildman–Crippen MR) is 95.9 cm³/mol. The summed E-state index contributed by atoms with van der Waals surface area (Å²) in [7, 11) is 0. The van der Waals surface area contributed by atoms with E-state index in [4.69, 9.17) is 23.2 Å². The second-order valence-electron chi connectivity index (χ2n) is 5.98. The number of alkyl halides is 3. The quantitative estimate of drug-likeness (QED) is 0.785. The summed E-state index contributed by atoms with van der Waals surface area (Å²) in [5, 5.41) is 4.20. The standard InChI is InChI=1S/C18H17Cl2F3N2O/c19-15-6-3-13(11-16(15)20)17(25-9-7-24-8-10-25)12-1-4-14(5-2-12)26-18(21,22)23/h1-6,11,17,24H,7-10H2/t17-/m1/s1. The molecule has 26 heavy (non-hydrogen) atoms. The van der Waals surface area contributed by atoms with Gasteiger partial charge in [0.1, 0.15) is 5.75 Å². The Bertz CT molecular complexity index is 747. The van der Waals surface area contributed by atoms with Gasteiger partial charge in [-0.1, -0.05) is 41.4 Å². The van der Waals surface area contributed by atoms with Crippen LogP contribution in [0.4, 0.5) is 13.2 Å². The summed E-state index contributed by atoms with van der Waals surface area (Å²) in [6, 6.07) is 11.2. The molecule has 0 amide bonds. The van der Waals surface area contributed by atoms with Gasteiger partial charge in [0.25, 0.3) is 0 Å². The maximum absolute atomic E-state index is 12.4. The van der Waals surface area contributed by atoms with E-state index in [1.54, 1.807) is 24.3 Å². The number of hydrogen-bond acceptors (Lipinski definition) is 3. The molecular formula is C18H17Cl2F3N2O. The van der Waals surface area contributed by atoms with Crippen LogP contribution in [0.3, 0.4) is 0 Å². The zero-order valence-electron chi connectivity index (χ0n) is 13.7. The van der Waals surface area contributed by atoms with Crippen molar-refractivity contribution in [1.82, 2.24) is 10.2 Å². The highest BCUT2D eigenvalue weighted by atomic mass is 35.5. The predicted octanol–water partition coefficient (Wildman–Crippen LogP) is 4.89. The van der Waals surface area contributed by atoms with Crippen LogP contribution in [0.25, 0.3) is 0 Å². The van der Waals surface area contributed by atoms with E-state index in [0.717, 1.165) is 37.3 Å². The van der Waals surface area contributed by atoms with Crippen LogP contribution in [0.1, 0.15) is 17.2 Å². The van der Waals surface area contributed by atoms with Gasteiger partial charge >= 0.3 is 6.36 Å². The van der Waals surface area contributed by atoms with E-state index in [0.29, 0.717) is 10.0 Å². The average Bonchev–Trinajstić information content (AvgIpc) is 2.59. The van der Waals surface area contributed by atoms with Crippen LogP contribution >= 0.6 is 23.2 Å². The Balaban J connectivity index is 1.93. The number of hydrogen-bond donors (Lipinski definition) is 1. The second-order valence-corrected chi connectivity index (χ2v) is 6.79. The summed E-state index contributed by atoms with van der Waals surface area (Å²) < 4.78 is 41.1. The lowest BCUT2D eigenvalue weighted by Crippen LogP contribution is -2.45. The zero-order chi connectivity index (χ0) is 18.7. The van der Waals surface area contributed by atoms with Gasteiger partial charge in [-0.05, 0) is 35.4 Å². The van der Waals surface area contributed by atoms with Crippen molar-refractivity contribution >= 4 is 23.2 Å². The Morgan fingerprint density at radius 1 is 0.923 bits per heavy atom. The van der Waals surface area contributed by atoms with Gasteiger partial charge in [-0.25, -0.2) is 0 Å². The number of rotatable bonds is 4. The van der Waals surface area contributed by atoms with E-state index in [1.165, 1.54) is 12.1 Å². The lowest BCUT2D eigenvalue weighted by Gasteiger charge is -2.35. The minimum atomic E-state index is -4.71. The molecule has 1 aliphatic heterocycles. The SMILES string of the molecule is FC(F)(F)Oc1ccc([C@H](c2ccc(Cl)c(Cl)c2)N2CCNCC2)cc1. The topological polar surface area (TPSA) is 24.5 Å². The Kier molecular flexibility index (Phi) is 5.97. The molecule has 0 aromatic heterocycles. The maximum atomic E-state index is 12.4. The van der Waals surface area contributed by atoms with Crippen LogP contribution in [0.5, 0.6) is 5.75 Å². The van der Waals surface area contributed by atoms with Crippen LogP contribution < -0.4 is 10.1 Å². The van der Waals surface area contributed by atoms with Gasteiger partial charge in [0.05, 0.1) is 16.1 Å². The van der Waals surface area contributed by atoms with Crippen LogP contribution in [0.2, 0.25) is 10.0 Å². The molecule has 8 heteroatoms. The van der Waals surface area contributed by atoms with E-state index >= 15 is 0 Å². The highest BCUT2D eigenvalue weighted by Gasteiger charge is 2.31. The van der Waals surface area contributed by atoms with E-state index in [-0.39, 0.29) is 11.8 Å². The van der Waals surface area contributed by atoms with Crippen LogP contribution in [0.15, 0.2) is 42.5 Å². The van der Waals surface area contributed by atoms with Crippen molar-refractivity contribution in [3.8, 4) is 5.75 Å². The summed E-state index contributed by atoms with van der Waals surface area (Å²) in [4.78, 5) is 2.26. The Morgan fingerprint density at radius 2 is 1.54 bits per heavy atom. The smallest absolute Gasteiger partial charge is 0.406 e. The molecule has 2 aromatic rings. The van der Waals surface area contributed by atoms with Gasteiger partial charge in [0.15, 0.2) is 0 Å². The fourth-order valence-electron chi connectivity index (χ4n) is 3.09. The molecule has 0 aliphatic carbocycles. The third-order valence-electron chi connectivity index (χ3n) is 4.21. The first kappa shape index (κ1) is 19.3. The van der Waals surface area contributed by atoms with Gasteiger partial charge in [0.2, 0.25) is 0 Å². The molecule has 3 rings (SSSR count). The average molecular weight is 405 g/mol. The third kappa shape index (κ3) is 4.82. The molecule has 3 nitrogen and oxygen atoms in total. The van der Waals surface area contributed by atoms with E-state index in [9.17, 15) is 13.2 Å². The molecule has 1 aliphatic rings. The number of halogens is 5. The molecule has 0 bridgehead atoms. The van der Waals surface area contributed by atoms with Crippen molar-refractivity contribution in [3.63, 3.8) is 0 Å². The van der Waals surface area contributed by atoms with E-state index in [2.05, 4.69) is 15.0 Å². The van der Waals surface area contributed by atoms with Crippen LogP contribution in [0, 0.1) is 0 Å². The first-order valence-electron chi connectivity index (χ1n) is 8.09. The minimum absolute atomic E-state index is 0.133. The molecule has 0 unspecified atom stereocenters. The Hall–Kier alpha value is -1.47. The number of piperazine rings is 1. The highest BCUT2D eigenvalue weighted by Crippen LogP contribution is 2.34. The molecule has 140 valence electrons. The summed E-state index contributed by atoms with van der Waals surface area (Å²) in [5.74, 6) is -0.241. The van der Waals surface area contributed by atoms with Crippen molar-refractivity contribution in [2.24, 2.45) is 0 Å². The highest BCUT2D eigenvalue weighted by molar-refractivity contribution is 6.42. The minimum Gasteiger partial charge on any atom is -0.406 e. The van der Waals surface area contributed by atoms with Crippen molar-refractivity contribution < 1.29 is 17.9 Å². The van der Waals surface area contributed by atoms with E-state index < -0.39 is 6.36 Å². The molecule has 1 heterocycles. The molecule has 1 saturated heterocycles. The van der Waals surface area contributed by atoms with Crippen LogP contribution in [-0.2, 0) is 0 Å². The summed E-state index contributed by atoms with van der Waals surface area (Å²) in [6.07, 6.45) is -4.71. The lowest BCUT2D eigenvalue weighted by molar-refractivity contribution is -0.274. The molecule has 0 saturated carbocycles. The number of nitrogens with zero attached hydrogens (tertiary/aromatic N) is 1. The second kappa shape index (κ2) is 8.05. The normalized spacial score (nSPS) is 17.1. The summed E-state index contributed by atoms with van der Waals surface area (Å²) >= 11 is 12.2. The largest absolute Gasteiger partial charge is 0.573 e. The number of nitrogens with one attached hydrogen (secondary N) is 1. The molecule has 0 spiro atoms. The zero-order valence-corrected chi connectivity index (χ0v) is 15.2. The van der Waals surface area contributed by atoms with Crippen molar-refractivity contribution in [2.45, 2.75) is 12.4 Å². The molecule has 2 aromatic carbocycles.